The van der Waals surface area contributed by atoms with Gasteiger partial charge in [-0.2, -0.15) is 0 Å². The zero-order valence-corrected chi connectivity index (χ0v) is 14.8. The van der Waals surface area contributed by atoms with Gasteiger partial charge in [0.2, 0.25) is 0 Å². The Morgan fingerprint density at radius 2 is 1.67 bits per heavy atom. The molecular formula is C22H19N3O2. The number of imidazole rings is 1. The van der Waals surface area contributed by atoms with Crippen LogP contribution < -0.4 is 10.1 Å². The fourth-order valence-corrected chi connectivity index (χ4v) is 3.11. The molecule has 4 rings (SSSR count). The molecule has 5 nitrogen and oxygen atoms in total. The average molecular weight is 357 g/mol. The molecule has 1 aromatic heterocycles. The standard InChI is InChI=1S/C22H19N3O2/c1-27-19-14-8-5-11-16(19)22(26)25-20(15-9-3-2-4-10-15)21-23-17-12-6-7-13-18(17)24-21/h2-14,20H,1H3,(H,23,24)(H,25,26). The Bertz CT molecular complexity index is 1040. The van der Waals surface area contributed by atoms with E-state index in [1.807, 2.05) is 66.7 Å². The minimum Gasteiger partial charge on any atom is -0.496 e. The Hall–Kier alpha value is -3.60. The molecule has 1 heterocycles. The van der Waals surface area contributed by atoms with Crippen LogP contribution in [-0.2, 0) is 0 Å². The molecule has 5 heteroatoms. The first kappa shape index (κ1) is 16.8. The van der Waals surface area contributed by atoms with E-state index in [1.165, 1.54) is 0 Å². The van der Waals surface area contributed by atoms with Crippen LogP contribution in [-0.4, -0.2) is 23.0 Å². The fraction of sp³-hybridized carbons (Fsp3) is 0.0909. The van der Waals surface area contributed by atoms with Gasteiger partial charge >= 0.3 is 0 Å². The molecule has 1 amide bonds. The molecule has 0 aliphatic carbocycles. The summed E-state index contributed by atoms with van der Waals surface area (Å²) in [5, 5.41) is 3.09. The molecule has 1 atom stereocenters. The number of nitrogens with one attached hydrogen (secondary N) is 2. The van der Waals surface area contributed by atoms with Crippen LogP contribution in [0.3, 0.4) is 0 Å². The molecule has 0 radical (unpaired) electrons. The lowest BCUT2D eigenvalue weighted by molar-refractivity contribution is 0.0938. The lowest BCUT2D eigenvalue weighted by Crippen LogP contribution is -2.30. The predicted molar refractivity (Wildman–Crippen MR) is 105 cm³/mol. The number of aromatic nitrogens is 2. The van der Waals surface area contributed by atoms with Crippen molar-refractivity contribution in [2.45, 2.75) is 6.04 Å². The van der Waals surface area contributed by atoms with E-state index in [4.69, 9.17) is 4.74 Å². The van der Waals surface area contributed by atoms with Gasteiger partial charge in [0.25, 0.3) is 5.91 Å². The van der Waals surface area contributed by atoms with Crippen molar-refractivity contribution in [3.63, 3.8) is 0 Å². The van der Waals surface area contributed by atoms with Crippen molar-refractivity contribution in [3.8, 4) is 5.75 Å². The number of hydrogen-bond acceptors (Lipinski definition) is 3. The molecular weight excluding hydrogens is 338 g/mol. The highest BCUT2D eigenvalue weighted by atomic mass is 16.5. The highest BCUT2D eigenvalue weighted by Crippen LogP contribution is 2.24. The molecule has 0 saturated carbocycles. The first-order chi connectivity index (χ1) is 13.3. The number of nitrogens with zero attached hydrogens (tertiary/aromatic N) is 1. The van der Waals surface area contributed by atoms with Crippen LogP contribution in [0.4, 0.5) is 0 Å². The molecule has 0 aliphatic rings. The second-order valence-electron chi connectivity index (χ2n) is 6.16. The molecule has 2 N–H and O–H groups in total. The van der Waals surface area contributed by atoms with Gasteiger partial charge in [-0.25, -0.2) is 4.98 Å². The summed E-state index contributed by atoms with van der Waals surface area (Å²) in [5.74, 6) is 0.999. The number of hydrogen-bond donors (Lipinski definition) is 2. The summed E-state index contributed by atoms with van der Waals surface area (Å²) in [6.07, 6.45) is 0. The number of methoxy groups -OCH3 is 1. The molecule has 4 aromatic rings. The van der Waals surface area contributed by atoms with E-state index in [9.17, 15) is 4.79 Å². The highest BCUT2D eigenvalue weighted by Gasteiger charge is 2.22. The van der Waals surface area contributed by atoms with Crippen LogP contribution in [0.5, 0.6) is 5.75 Å². The molecule has 0 bridgehead atoms. The van der Waals surface area contributed by atoms with E-state index >= 15 is 0 Å². The smallest absolute Gasteiger partial charge is 0.255 e. The van der Waals surface area contributed by atoms with Gasteiger partial charge in [-0.05, 0) is 29.8 Å². The molecule has 0 saturated heterocycles. The second-order valence-corrected chi connectivity index (χ2v) is 6.16. The van der Waals surface area contributed by atoms with Gasteiger partial charge in [-0.1, -0.05) is 54.6 Å². The van der Waals surface area contributed by atoms with Gasteiger partial charge in [0.05, 0.1) is 23.7 Å². The lowest BCUT2D eigenvalue weighted by atomic mass is 10.1. The average Bonchev–Trinajstić information content (AvgIpc) is 3.16. The number of ether oxygens (including phenoxy) is 1. The third kappa shape index (κ3) is 3.40. The maximum atomic E-state index is 13.0. The lowest BCUT2D eigenvalue weighted by Gasteiger charge is -2.18. The van der Waals surface area contributed by atoms with Crippen LogP contribution in [0, 0.1) is 0 Å². The summed E-state index contributed by atoms with van der Waals surface area (Å²) in [7, 11) is 1.56. The quantitative estimate of drug-likeness (QED) is 0.565. The Morgan fingerprint density at radius 1 is 0.963 bits per heavy atom. The Morgan fingerprint density at radius 3 is 2.44 bits per heavy atom. The van der Waals surface area contributed by atoms with E-state index in [2.05, 4.69) is 15.3 Å². The van der Waals surface area contributed by atoms with Crippen LogP contribution in [0.1, 0.15) is 27.8 Å². The summed E-state index contributed by atoms with van der Waals surface area (Å²) in [5.41, 5.74) is 3.22. The Balaban J connectivity index is 1.73. The van der Waals surface area contributed by atoms with E-state index in [-0.39, 0.29) is 5.91 Å². The number of H-pyrrole nitrogens is 1. The Labute approximate surface area is 157 Å². The van der Waals surface area contributed by atoms with Crippen molar-refractivity contribution in [2.75, 3.05) is 7.11 Å². The summed E-state index contributed by atoms with van der Waals surface area (Å²) in [6.45, 7) is 0. The van der Waals surface area contributed by atoms with Crippen molar-refractivity contribution in [1.82, 2.24) is 15.3 Å². The predicted octanol–water partition coefficient (Wildman–Crippen LogP) is 4.09. The van der Waals surface area contributed by atoms with Crippen LogP contribution in [0.2, 0.25) is 0 Å². The van der Waals surface area contributed by atoms with Crippen molar-refractivity contribution < 1.29 is 9.53 Å². The third-order valence-corrected chi connectivity index (χ3v) is 4.44. The summed E-state index contributed by atoms with van der Waals surface area (Å²) < 4.78 is 5.32. The second kappa shape index (κ2) is 7.33. The van der Waals surface area contributed by atoms with Gasteiger partial charge < -0.3 is 15.0 Å². The number of amides is 1. The molecule has 1 unspecified atom stereocenters. The van der Waals surface area contributed by atoms with E-state index in [1.54, 1.807) is 19.2 Å². The molecule has 0 fully saturated rings. The van der Waals surface area contributed by atoms with Crippen molar-refractivity contribution in [1.29, 1.82) is 0 Å². The SMILES string of the molecule is COc1ccccc1C(=O)NC(c1ccccc1)c1nc2ccccc2[nH]1. The minimum absolute atomic E-state index is 0.221. The van der Waals surface area contributed by atoms with Gasteiger partial charge in [-0.3, -0.25) is 4.79 Å². The normalized spacial score (nSPS) is 11.9. The fourth-order valence-electron chi connectivity index (χ4n) is 3.11. The van der Waals surface area contributed by atoms with Crippen molar-refractivity contribution >= 4 is 16.9 Å². The van der Waals surface area contributed by atoms with E-state index in [0.29, 0.717) is 17.1 Å². The van der Waals surface area contributed by atoms with E-state index < -0.39 is 6.04 Å². The highest BCUT2D eigenvalue weighted by molar-refractivity contribution is 5.97. The number of carbonyl (C=O) groups excluding carboxylic acids is 1. The number of para-hydroxylation sites is 3. The van der Waals surface area contributed by atoms with Crippen LogP contribution in [0.15, 0.2) is 78.9 Å². The number of aromatic amines is 1. The summed E-state index contributed by atoms with van der Waals surface area (Å²) in [4.78, 5) is 21.0. The first-order valence-corrected chi connectivity index (χ1v) is 8.70. The minimum atomic E-state index is -0.406. The van der Waals surface area contributed by atoms with Gasteiger partial charge in [-0.15, -0.1) is 0 Å². The number of fused-ring (bicyclic) bond motifs is 1. The molecule has 3 aromatic carbocycles. The molecule has 134 valence electrons. The first-order valence-electron chi connectivity index (χ1n) is 8.70. The van der Waals surface area contributed by atoms with Gasteiger partial charge in [0, 0.05) is 0 Å². The van der Waals surface area contributed by atoms with Gasteiger partial charge in [0.1, 0.15) is 17.6 Å². The zero-order valence-electron chi connectivity index (χ0n) is 14.8. The number of carbonyl (C=O) groups is 1. The molecule has 0 spiro atoms. The summed E-state index contributed by atoms with van der Waals surface area (Å²) >= 11 is 0. The Kier molecular flexibility index (Phi) is 4.58. The van der Waals surface area contributed by atoms with Crippen molar-refractivity contribution in [2.24, 2.45) is 0 Å². The molecule has 0 aliphatic heterocycles. The topological polar surface area (TPSA) is 67.0 Å². The van der Waals surface area contributed by atoms with Crippen LogP contribution >= 0.6 is 0 Å². The number of benzene rings is 3. The monoisotopic (exact) mass is 357 g/mol. The van der Waals surface area contributed by atoms with E-state index in [0.717, 1.165) is 16.6 Å². The third-order valence-electron chi connectivity index (χ3n) is 4.44. The summed E-state index contributed by atoms with van der Waals surface area (Å²) in [6, 6.07) is 24.4. The van der Waals surface area contributed by atoms with Crippen LogP contribution in [0.25, 0.3) is 11.0 Å². The number of rotatable bonds is 5. The van der Waals surface area contributed by atoms with Gasteiger partial charge in [0.15, 0.2) is 0 Å². The maximum Gasteiger partial charge on any atom is 0.255 e. The maximum absolute atomic E-state index is 13.0. The largest absolute Gasteiger partial charge is 0.496 e. The van der Waals surface area contributed by atoms with Crippen molar-refractivity contribution in [3.05, 3.63) is 95.8 Å². The zero-order chi connectivity index (χ0) is 18.6. The molecule has 27 heavy (non-hydrogen) atoms.